The highest BCUT2D eigenvalue weighted by atomic mass is 79.9. The minimum Gasteiger partial charge on any atom is -0.207 e. The fourth-order valence-corrected chi connectivity index (χ4v) is 4.23. The van der Waals surface area contributed by atoms with Gasteiger partial charge in [-0.05, 0) is 47.0 Å². The highest BCUT2D eigenvalue weighted by molar-refractivity contribution is 9.10. The monoisotopic (exact) mass is 362 g/mol. The Kier molecular flexibility index (Phi) is 4.21. The number of sulfonamides is 1. The molecule has 102 valence electrons. The number of hydrogen-bond acceptors (Lipinski definition) is 3. The van der Waals surface area contributed by atoms with Gasteiger partial charge in [0.25, 0.3) is 0 Å². The van der Waals surface area contributed by atoms with Crippen LogP contribution >= 0.6 is 27.5 Å². The summed E-state index contributed by atoms with van der Waals surface area (Å²) in [5.41, 5.74) is -0.967. The molecule has 1 N–H and O–H groups in total. The Labute approximate surface area is 125 Å². The second-order valence-electron chi connectivity index (χ2n) is 4.58. The minimum absolute atomic E-state index is 0.102. The molecule has 19 heavy (non-hydrogen) atoms. The molecule has 1 aromatic carbocycles. The van der Waals surface area contributed by atoms with Gasteiger partial charge in [0.15, 0.2) is 0 Å². The van der Waals surface area contributed by atoms with Crippen LogP contribution in [0.25, 0.3) is 0 Å². The number of halogens is 2. The van der Waals surface area contributed by atoms with E-state index in [-0.39, 0.29) is 4.90 Å². The van der Waals surface area contributed by atoms with E-state index in [0.717, 1.165) is 12.8 Å². The Morgan fingerprint density at radius 2 is 2.00 bits per heavy atom. The van der Waals surface area contributed by atoms with Crippen LogP contribution in [0.15, 0.2) is 27.6 Å². The maximum absolute atomic E-state index is 12.3. The van der Waals surface area contributed by atoms with Gasteiger partial charge in [-0.25, -0.2) is 8.42 Å². The first-order valence-corrected chi connectivity index (χ1v) is 8.44. The van der Waals surface area contributed by atoms with E-state index in [0.29, 0.717) is 22.3 Å². The Morgan fingerprint density at radius 1 is 1.37 bits per heavy atom. The van der Waals surface area contributed by atoms with E-state index in [1.165, 1.54) is 18.2 Å². The minimum atomic E-state index is -3.71. The van der Waals surface area contributed by atoms with Crippen molar-refractivity contribution in [3.63, 3.8) is 0 Å². The standard InChI is InChI=1S/C12H12BrClN2O2S/c13-10-7-9(3-4-11(10)14)19(17,18)16-12(8-15)5-1-2-6-12/h3-4,7,16H,1-2,5-6H2. The van der Waals surface area contributed by atoms with Crippen molar-refractivity contribution in [2.75, 3.05) is 0 Å². The quantitative estimate of drug-likeness (QED) is 0.896. The number of nitrogens with one attached hydrogen (secondary N) is 1. The first-order valence-electron chi connectivity index (χ1n) is 5.79. The fraction of sp³-hybridized carbons (Fsp3) is 0.417. The van der Waals surface area contributed by atoms with Gasteiger partial charge in [-0.2, -0.15) is 9.98 Å². The van der Waals surface area contributed by atoms with Gasteiger partial charge in [0.2, 0.25) is 10.0 Å². The zero-order valence-corrected chi connectivity index (χ0v) is 13.1. The van der Waals surface area contributed by atoms with Crippen LogP contribution in [0.3, 0.4) is 0 Å². The zero-order valence-electron chi connectivity index (χ0n) is 9.99. The first-order chi connectivity index (χ1) is 8.88. The summed E-state index contributed by atoms with van der Waals surface area (Å²) in [6.45, 7) is 0. The van der Waals surface area contributed by atoms with E-state index in [4.69, 9.17) is 11.6 Å². The van der Waals surface area contributed by atoms with Crippen molar-refractivity contribution >= 4 is 37.6 Å². The molecule has 0 saturated heterocycles. The van der Waals surface area contributed by atoms with Crippen molar-refractivity contribution in [3.05, 3.63) is 27.7 Å². The molecule has 1 saturated carbocycles. The van der Waals surface area contributed by atoms with Crippen molar-refractivity contribution < 1.29 is 8.42 Å². The number of nitriles is 1. The highest BCUT2D eigenvalue weighted by Crippen LogP contribution is 2.31. The fourth-order valence-electron chi connectivity index (χ4n) is 2.18. The summed E-state index contributed by atoms with van der Waals surface area (Å²) in [6, 6.07) is 6.47. The molecular weight excluding hydrogens is 352 g/mol. The van der Waals surface area contributed by atoms with Gasteiger partial charge in [-0.1, -0.05) is 24.4 Å². The molecule has 1 fully saturated rings. The molecule has 0 spiro atoms. The Hall–Kier alpha value is -0.610. The molecule has 0 radical (unpaired) electrons. The maximum atomic E-state index is 12.3. The number of nitrogens with zero attached hydrogens (tertiary/aromatic N) is 1. The molecule has 0 unspecified atom stereocenters. The van der Waals surface area contributed by atoms with Crippen LogP contribution in [-0.2, 0) is 10.0 Å². The second-order valence-corrected chi connectivity index (χ2v) is 7.53. The third kappa shape index (κ3) is 3.11. The van der Waals surface area contributed by atoms with E-state index in [1.807, 2.05) is 0 Å². The lowest BCUT2D eigenvalue weighted by molar-refractivity contribution is 0.485. The lowest BCUT2D eigenvalue weighted by Crippen LogP contribution is -2.44. The summed E-state index contributed by atoms with van der Waals surface area (Å²) in [6.07, 6.45) is 2.83. The van der Waals surface area contributed by atoms with Crippen molar-refractivity contribution in [3.8, 4) is 6.07 Å². The van der Waals surface area contributed by atoms with Gasteiger partial charge in [-0.15, -0.1) is 0 Å². The summed E-state index contributed by atoms with van der Waals surface area (Å²) in [4.78, 5) is 0.102. The lowest BCUT2D eigenvalue weighted by atomic mass is 10.0. The van der Waals surface area contributed by atoms with E-state index < -0.39 is 15.6 Å². The summed E-state index contributed by atoms with van der Waals surface area (Å²) < 4.78 is 27.6. The molecule has 0 heterocycles. The van der Waals surface area contributed by atoms with Crippen molar-refractivity contribution in [2.24, 2.45) is 0 Å². The molecule has 0 amide bonds. The lowest BCUT2D eigenvalue weighted by Gasteiger charge is -2.21. The Bertz CT molecular complexity index is 634. The molecular formula is C12H12BrClN2O2S. The smallest absolute Gasteiger partial charge is 0.207 e. The summed E-state index contributed by atoms with van der Waals surface area (Å²) in [7, 11) is -3.71. The molecule has 4 nitrogen and oxygen atoms in total. The van der Waals surface area contributed by atoms with E-state index >= 15 is 0 Å². The third-order valence-electron chi connectivity index (χ3n) is 3.20. The molecule has 2 rings (SSSR count). The van der Waals surface area contributed by atoms with Gasteiger partial charge < -0.3 is 0 Å². The Balaban J connectivity index is 2.32. The molecule has 0 aliphatic heterocycles. The molecule has 7 heteroatoms. The van der Waals surface area contributed by atoms with Crippen LogP contribution in [-0.4, -0.2) is 14.0 Å². The van der Waals surface area contributed by atoms with Gasteiger partial charge >= 0.3 is 0 Å². The van der Waals surface area contributed by atoms with Crippen LogP contribution in [0, 0.1) is 11.3 Å². The summed E-state index contributed by atoms with van der Waals surface area (Å²) >= 11 is 9.03. The van der Waals surface area contributed by atoms with Crippen LogP contribution < -0.4 is 4.72 Å². The van der Waals surface area contributed by atoms with E-state index in [9.17, 15) is 13.7 Å². The van der Waals surface area contributed by atoms with Crippen molar-refractivity contribution in [1.82, 2.24) is 4.72 Å². The van der Waals surface area contributed by atoms with Crippen molar-refractivity contribution in [2.45, 2.75) is 36.1 Å². The van der Waals surface area contributed by atoms with Crippen LogP contribution in [0.5, 0.6) is 0 Å². The number of rotatable bonds is 3. The van der Waals surface area contributed by atoms with Crippen LogP contribution in [0.2, 0.25) is 5.02 Å². The number of benzene rings is 1. The van der Waals surface area contributed by atoms with Gasteiger partial charge in [-0.3, -0.25) is 0 Å². The summed E-state index contributed by atoms with van der Waals surface area (Å²) in [5, 5.41) is 9.66. The molecule has 0 bridgehead atoms. The van der Waals surface area contributed by atoms with Gasteiger partial charge in [0, 0.05) is 4.47 Å². The normalized spacial score (nSPS) is 18.2. The number of hydrogen-bond donors (Lipinski definition) is 1. The highest BCUT2D eigenvalue weighted by Gasteiger charge is 2.38. The summed E-state index contributed by atoms with van der Waals surface area (Å²) in [5.74, 6) is 0. The first kappa shape index (κ1) is 14.8. The molecule has 1 aliphatic carbocycles. The second kappa shape index (κ2) is 5.41. The van der Waals surface area contributed by atoms with E-state index in [1.54, 1.807) is 0 Å². The molecule has 0 aromatic heterocycles. The topological polar surface area (TPSA) is 70.0 Å². The van der Waals surface area contributed by atoms with E-state index in [2.05, 4.69) is 26.7 Å². The van der Waals surface area contributed by atoms with Crippen molar-refractivity contribution in [1.29, 1.82) is 5.26 Å². The average molecular weight is 364 g/mol. The maximum Gasteiger partial charge on any atom is 0.241 e. The third-order valence-corrected chi connectivity index (χ3v) is 5.95. The van der Waals surface area contributed by atoms with Gasteiger partial charge in [0.1, 0.15) is 5.54 Å². The van der Waals surface area contributed by atoms with Crippen LogP contribution in [0.1, 0.15) is 25.7 Å². The van der Waals surface area contributed by atoms with Gasteiger partial charge in [0.05, 0.1) is 16.0 Å². The molecule has 1 aromatic rings. The largest absolute Gasteiger partial charge is 0.241 e. The molecule has 0 atom stereocenters. The SMILES string of the molecule is N#CC1(NS(=O)(=O)c2ccc(Cl)c(Br)c2)CCCC1. The predicted molar refractivity (Wildman–Crippen MR) is 76.3 cm³/mol. The Morgan fingerprint density at radius 3 is 2.53 bits per heavy atom. The zero-order chi connectivity index (χ0) is 14.1. The predicted octanol–water partition coefficient (Wildman–Crippen LogP) is 3.22. The average Bonchev–Trinajstić information content (AvgIpc) is 2.81. The van der Waals surface area contributed by atoms with Crippen LogP contribution in [0.4, 0.5) is 0 Å². The molecule has 1 aliphatic rings.